The lowest BCUT2D eigenvalue weighted by Gasteiger charge is -2.18. The van der Waals surface area contributed by atoms with E-state index in [2.05, 4.69) is 10.6 Å². The first-order valence-corrected chi connectivity index (χ1v) is 7.12. The van der Waals surface area contributed by atoms with Crippen LogP contribution >= 0.6 is 0 Å². The van der Waals surface area contributed by atoms with Gasteiger partial charge >= 0.3 is 0 Å². The van der Waals surface area contributed by atoms with Crippen molar-refractivity contribution in [3.63, 3.8) is 0 Å². The molecule has 2 N–H and O–H groups in total. The van der Waals surface area contributed by atoms with Gasteiger partial charge < -0.3 is 10.6 Å². The molecule has 1 aliphatic heterocycles. The summed E-state index contributed by atoms with van der Waals surface area (Å²) in [7, 11) is 0. The molecule has 21 heavy (non-hydrogen) atoms. The molecular formula is C17H17FN2O. The summed E-state index contributed by atoms with van der Waals surface area (Å²) in [5.74, 6) is -0.463. The number of rotatable bonds is 3. The van der Waals surface area contributed by atoms with Crippen molar-refractivity contribution in [2.24, 2.45) is 0 Å². The van der Waals surface area contributed by atoms with Gasteiger partial charge in [-0.1, -0.05) is 18.2 Å². The third kappa shape index (κ3) is 3.40. The highest BCUT2D eigenvalue weighted by molar-refractivity contribution is 5.92. The van der Waals surface area contributed by atoms with E-state index in [9.17, 15) is 9.18 Å². The van der Waals surface area contributed by atoms with Crippen LogP contribution in [0.3, 0.4) is 0 Å². The SMILES string of the molecule is O=C(Cc1cccc(F)c1)Nc1ccc2c(c1)NCCC2. The zero-order chi connectivity index (χ0) is 14.7. The maximum absolute atomic E-state index is 13.1. The maximum atomic E-state index is 13.1. The lowest BCUT2D eigenvalue weighted by molar-refractivity contribution is -0.115. The van der Waals surface area contributed by atoms with E-state index in [0.717, 1.165) is 30.8 Å². The molecule has 0 aromatic heterocycles. The molecule has 1 aliphatic rings. The van der Waals surface area contributed by atoms with Crippen LogP contribution in [0.4, 0.5) is 15.8 Å². The van der Waals surface area contributed by atoms with E-state index in [1.807, 2.05) is 18.2 Å². The number of nitrogens with one attached hydrogen (secondary N) is 2. The van der Waals surface area contributed by atoms with Crippen LogP contribution in [0.5, 0.6) is 0 Å². The van der Waals surface area contributed by atoms with Crippen molar-refractivity contribution >= 4 is 17.3 Å². The van der Waals surface area contributed by atoms with E-state index < -0.39 is 0 Å². The monoisotopic (exact) mass is 284 g/mol. The molecule has 0 bridgehead atoms. The quantitative estimate of drug-likeness (QED) is 0.907. The van der Waals surface area contributed by atoms with Crippen LogP contribution in [0.2, 0.25) is 0 Å². The van der Waals surface area contributed by atoms with Crippen LogP contribution in [-0.4, -0.2) is 12.5 Å². The van der Waals surface area contributed by atoms with Crippen LogP contribution in [0.15, 0.2) is 42.5 Å². The number of hydrogen-bond donors (Lipinski definition) is 2. The Kier molecular flexibility index (Phi) is 3.86. The molecule has 1 heterocycles. The Bertz CT molecular complexity index is 670. The molecule has 1 amide bonds. The van der Waals surface area contributed by atoms with Gasteiger partial charge in [0.1, 0.15) is 5.82 Å². The summed E-state index contributed by atoms with van der Waals surface area (Å²) in [5, 5.41) is 6.19. The minimum atomic E-state index is -0.321. The summed E-state index contributed by atoms with van der Waals surface area (Å²) >= 11 is 0. The first-order valence-electron chi connectivity index (χ1n) is 7.12. The second-order valence-corrected chi connectivity index (χ2v) is 5.26. The predicted molar refractivity (Wildman–Crippen MR) is 82.0 cm³/mol. The average molecular weight is 284 g/mol. The van der Waals surface area contributed by atoms with Gasteiger partial charge in [0.15, 0.2) is 0 Å². The van der Waals surface area contributed by atoms with Crippen molar-refractivity contribution in [2.75, 3.05) is 17.2 Å². The number of hydrogen-bond acceptors (Lipinski definition) is 2. The summed E-state index contributed by atoms with van der Waals surface area (Å²) < 4.78 is 13.1. The largest absolute Gasteiger partial charge is 0.385 e. The van der Waals surface area contributed by atoms with Gasteiger partial charge in [0.2, 0.25) is 5.91 Å². The normalized spacial score (nSPS) is 13.2. The van der Waals surface area contributed by atoms with Crippen LogP contribution in [0.25, 0.3) is 0 Å². The Hall–Kier alpha value is -2.36. The van der Waals surface area contributed by atoms with Gasteiger partial charge in [-0.05, 0) is 48.2 Å². The highest BCUT2D eigenvalue weighted by atomic mass is 19.1. The summed E-state index contributed by atoms with van der Waals surface area (Å²) in [6.07, 6.45) is 2.38. The molecule has 0 fully saturated rings. The van der Waals surface area contributed by atoms with Gasteiger partial charge in [-0.15, -0.1) is 0 Å². The highest BCUT2D eigenvalue weighted by Gasteiger charge is 2.10. The van der Waals surface area contributed by atoms with Crippen molar-refractivity contribution in [1.82, 2.24) is 0 Å². The van der Waals surface area contributed by atoms with Crippen molar-refractivity contribution < 1.29 is 9.18 Å². The second-order valence-electron chi connectivity index (χ2n) is 5.26. The molecular weight excluding hydrogens is 267 g/mol. The lowest BCUT2D eigenvalue weighted by Crippen LogP contribution is -2.16. The van der Waals surface area contributed by atoms with Crippen LogP contribution in [-0.2, 0) is 17.6 Å². The average Bonchev–Trinajstić information content (AvgIpc) is 2.47. The van der Waals surface area contributed by atoms with E-state index in [1.165, 1.54) is 17.7 Å². The number of carbonyl (C=O) groups is 1. The van der Waals surface area contributed by atoms with E-state index in [4.69, 9.17) is 0 Å². The molecule has 2 aromatic rings. The van der Waals surface area contributed by atoms with Crippen LogP contribution in [0.1, 0.15) is 17.5 Å². The molecule has 3 rings (SSSR count). The van der Waals surface area contributed by atoms with Crippen LogP contribution < -0.4 is 10.6 Å². The van der Waals surface area contributed by atoms with Gasteiger partial charge in [0, 0.05) is 17.9 Å². The molecule has 108 valence electrons. The zero-order valence-electron chi connectivity index (χ0n) is 11.7. The van der Waals surface area contributed by atoms with Crippen molar-refractivity contribution in [1.29, 1.82) is 0 Å². The van der Waals surface area contributed by atoms with E-state index in [1.54, 1.807) is 12.1 Å². The number of aryl methyl sites for hydroxylation is 1. The topological polar surface area (TPSA) is 41.1 Å². The molecule has 0 spiro atoms. The summed E-state index contributed by atoms with van der Waals surface area (Å²) in [4.78, 5) is 12.0. The highest BCUT2D eigenvalue weighted by Crippen LogP contribution is 2.25. The minimum absolute atomic E-state index is 0.142. The Labute approximate surface area is 123 Å². The number of halogens is 1. The molecule has 0 atom stereocenters. The Balaban J connectivity index is 1.67. The van der Waals surface area contributed by atoms with E-state index in [0.29, 0.717) is 5.56 Å². The molecule has 0 saturated carbocycles. The number of benzene rings is 2. The number of fused-ring (bicyclic) bond motifs is 1. The Morgan fingerprint density at radius 1 is 1.24 bits per heavy atom. The number of amides is 1. The Morgan fingerprint density at radius 2 is 2.14 bits per heavy atom. The van der Waals surface area contributed by atoms with Crippen molar-refractivity contribution in [3.8, 4) is 0 Å². The van der Waals surface area contributed by atoms with Crippen molar-refractivity contribution in [2.45, 2.75) is 19.3 Å². The fourth-order valence-electron chi connectivity index (χ4n) is 2.58. The van der Waals surface area contributed by atoms with Gasteiger partial charge in [-0.3, -0.25) is 4.79 Å². The fraction of sp³-hybridized carbons (Fsp3) is 0.235. The fourth-order valence-corrected chi connectivity index (χ4v) is 2.58. The third-order valence-electron chi connectivity index (χ3n) is 3.59. The van der Waals surface area contributed by atoms with Gasteiger partial charge in [-0.2, -0.15) is 0 Å². The number of carbonyl (C=O) groups excluding carboxylic acids is 1. The molecule has 3 nitrogen and oxygen atoms in total. The smallest absolute Gasteiger partial charge is 0.228 e. The minimum Gasteiger partial charge on any atom is -0.385 e. The molecule has 0 aliphatic carbocycles. The first-order chi connectivity index (χ1) is 10.2. The van der Waals surface area contributed by atoms with E-state index >= 15 is 0 Å². The standard InChI is InChI=1S/C17H17FN2O/c18-14-5-1-3-12(9-14)10-17(21)20-15-7-6-13-4-2-8-19-16(13)11-15/h1,3,5-7,9,11,19H,2,4,8,10H2,(H,20,21). The first kappa shape index (κ1) is 13.6. The predicted octanol–water partition coefficient (Wildman–Crippen LogP) is 3.37. The Morgan fingerprint density at radius 3 is 3.00 bits per heavy atom. The number of anilines is 2. The van der Waals surface area contributed by atoms with Gasteiger partial charge in [0.25, 0.3) is 0 Å². The molecule has 0 saturated heterocycles. The summed E-state index contributed by atoms with van der Waals surface area (Å²) in [6, 6.07) is 12.0. The molecule has 2 aromatic carbocycles. The zero-order valence-corrected chi connectivity index (χ0v) is 11.7. The summed E-state index contributed by atoms with van der Waals surface area (Å²) in [5.41, 5.74) is 3.81. The molecule has 0 unspecified atom stereocenters. The van der Waals surface area contributed by atoms with Gasteiger partial charge in [-0.25, -0.2) is 4.39 Å². The second kappa shape index (κ2) is 5.95. The van der Waals surface area contributed by atoms with E-state index in [-0.39, 0.29) is 18.1 Å². The third-order valence-corrected chi connectivity index (χ3v) is 3.59. The van der Waals surface area contributed by atoms with Gasteiger partial charge in [0.05, 0.1) is 6.42 Å². The summed E-state index contributed by atoms with van der Waals surface area (Å²) in [6.45, 7) is 0.966. The molecule has 0 radical (unpaired) electrons. The lowest BCUT2D eigenvalue weighted by atomic mass is 10.0. The maximum Gasteiger partial charge on any atom is 0.228 e. The van der Waals surface area contributed by atoms with Crippen molar-refractivity contribution in [3.05, 3.63) is 59.4 Å². The molecule has 4 heteroatoms. The van der Waals surface area contributed by atoms with Crippen LogP contribution in [0, 0.1) is 5.82 Å².